The normalized spacial score (nSPS) is 11.6. The lowest BCUT2D eigenvalue weighted by molar-refractivity contribution is 1.56. The first-order chi connectivity index (χ1) is 21.9. The molecule has 0 aromatic heterocycles. The molecule has 0 atom stereocenters. The predicted molar refractivity (Wildman–Crippen MR) is 188 cm³/mol. The van der Waals surface area contributed by atoms with Crippen molar-refractivity contribution in [2.45, 2.75) is 0 Å². The third-order valence-electron chi connectivity index (χ3n) is 9.23. The molecule has 0 bridgehead atoms. The zero-order valence-corrected chi connectivity index (χ0v) is 24.2. The van der Waals surface area contributed by atoms with Crippen molar-refractivity contribution in [1.82, 2.24) is 0 Å². The summed E-state index contributed by atoms with van der Waals surface area (Å²) >= 11 is 0. The quantitative estimate of drug-likeness (QED) is 0.202. The van der Waals surface area contributed by atoms with Gasteiger partial charge < -0.3 is 0 Å². The molecule has 0 heterocycles. The number of benzene rings is 8. The second-order valence-corrected chi connectivity index (χ2v) is 11.6. The van der Waals surface area contributed by atoms with Crippen LogP contribution in [0.3, 0.4) is 0 Å². The molecule has 0 aliphatic heterocycles. The third-order valence-corrected chi connectivity index (χ3v) is 9.23. The van der Waals surface area contributed by atoms with Gasteiger partial charge in [-0.3, -0.25) is 0 Å². The minimum Gasteiger partial charge on any atom is -0.0622 e. The Morgan fingerprint density at radius 2 is 0.727 bits per heavy atom. The van der Waals surface area contributed by atoms with Gasteiger partial charge in [0.05, 0.1) is 0 Å². The van der Waals surface area contributed by atoms with Crippen LogP contribution in [-0.2, 0) is 0 Å². The SMILES string of the molecule is c1ccc(-c2ccccc2-c2ccccc2-c2cc3cccc4c3c(c2-c2cccc3ccccc23)-c2ccccc2-4)cc1. The van der Waals surface area contributed by atoms with Crippen molar-refractivity contribution in [1.29, 1.82) is 0 Å². The van der Waals surface area contributed by atoms with E-state index in [0.29, 0.717) is 0 Å². The molecule has 0 fully saturated rings. The van der Waals surface area contributed by atoms with E-state index in [9.17, 15) is 0 Å². The minimum absolute atomic E-state index is 1.22. The second kappa shape index (κ2) is 9.93. The zero-order valence-electron chi connectivity index (χ0n) is 24.2. The Morgan fingerprint density at radius 1 is 0.250 bits per heavy atom. The van der Waals surface area contributed by atoms with Gasteiger partial charge in [0.25, 0.3) is 0 Å². The average molecular weight is 557 g/mol. The van der Waals surface area contributed by atoms with Gasteiger partial charge >= 0.3 is 0 Å². The molecule has 0 unspecified atom stereocenters. The predicted octanol–water partition coefficient (Wildman–Crippen LogP) is 12.3. The highest BCUT2D eigenvalue weighted by Gasteiger charge is 2.28. The van der Waals surface area contributed by atoms with Gasteiger partial charge in [-0.05, 0) is 94.4 Å². The lowest BCUT2D eigenvalue weighted by atomic mass is 9.81. The summed E-state index contributed by atoms with van der Waals surface area (Å²) in [6, 6.07) is 62.2. The smallest absolute Gasteiger partial charge is 0.000785 e. The highest BCUT2D eigenvalue weighted by atomic mass is 14.3. The van der Waals surface area contributed by atoms with Crippen LogP contribution in [0.15, 0.2) is 170 Å². The van der Waals surface area contributed by atoms with Gasteiger partial charge in [0.15, 0.2) is 0 Å². The van der Waals surface area contributed by atoms with Gasteiger partial charge in [-0.2, -0.15) is 0 Å². The third kappa shape index (κ3) is 3.71. The van der Waals surface area contributed by atoms with Crippen LogP contribution in [0.5, 0.6) is 0 Å². The van der Waals surface area contributed by atoms with E-state index in [-0.39, 0.29) is 0 Å². The number of hydrogen-bond acceptors (Lipinski definition) is 0. The second-order valence-electron chi connectivity index (χ2n) is 11.6. The molecule has 44 heavy (non-hydrogen) atoms. The molecule has 0 heteroatoms. The van der Waals surface area contributed by atoms with Gasteiger partial charge in [0.1, 0.15) is 0 Å². The van der Waals surface area contributed by atoms with Crippen molar-refractivity contribution in [3.05, 3.63) is 170 Å². The van der Waals surface area contributed by atoms with E-state index in [0.717, 1.165) is 0 Å². The molecule has 1 aliphatic rings. The fourth-order valence-corrected chi connectivity index (χ4v) is 7.36. The first-order valence-electron chi connectivity index (χ1n) is 15.3. The van der Waals surface area contributed by atoms with Crippen molar-refractivity contribution in [3.63, 3.8) is 0 Å². The molecule has 0 saturated heterocycles. The van der Waals surface area contributed by atoms with Crippen LogP contribution >= 0.6 is 0 Å². The average Bonchev–Trinajstić information content (AvgIpc) is 3.44. The summed E-state index contributed by atoms with van der Waals surface area (Å²) in [6.45, 7) is 0. The maximum absolute atomic E-state index is 2.44. The molecule has 0 N–H and O–H groups in total. The molecule has 0 nitrogen and oxygen atoms in total. The number of hydrogen-bond donors (Lipinski definition) is 0. The van der Waals surface area contributed by atoms with E-state index in [1.807, 2.05) is 0 Å². The maximum Gasteiger partial charge on any atom is -0.000785 e. The fourth-order valence-electron chi connectivity index (χ4n) is 7.36. The van der Waals surface area contributed by atoms with Gasteiger partial charge in [0.2, 0.25) is 0 Å². The molecule has 0 amide bonds. The van der Waals surface area contributed by atoms with E-state index in [1.54, 1.807) is 0 Å². The Bertz CT molecular complexity index is 2370. The zero-order chi connectivity index (χ0) is 29.0. The van der Waals surface area contributed by atoms with E-state index < -0.39 is 0 Å². The Hall–Kier alpha value is -5.72. The monoisotopic (exact) mass is 556 g/mol. The van der Waals surface area contributed by atoms with Crippen LogP contribution in [0.1, 0.15) is 0 Å². The van der Waals surface area contributed by atoms with Crippen LogP contribution in [0, 0.1) is 0 Å². The summed E-state index contributed by atoms with van der Waals surface area (Å²) < 4.78 is 0. The van der Waals surface area contributed by atoms with Crippen molar-refractivity contribution in [2.24, 2.45) is 0 Å². The lowest BCUT2D eigenvalue weighted by Gasteiger charge is -2.21. The van der Waals surface area contributed by atoms with Gasteiger partial charge in [-0.1, -0.05) is 164 Å². The summed E-state index contributed by atoms with van der Waals surface area (Å²) in [7, 11) is 0. The summed E-state index contributed by atoms with van der Waals surface area (Å²) in [6.07, 6.45) is 0. The standard InChI is InChI=1S/C44H28/c1-2-14-29(15-3-1)32-19-6-7-21-34(32)35-22-8-9-23-36(35)41-28-31-18-13-27-39-37-24-10-11-25-40(37)44(42(31)39)43(41)38-26-12-17-30-16-4-5-20-33(30)38/h1-28H. The van der Waals surface area contributed by atoms with Crippen LogP contribution in [-0.4, -0.2) is 0 Å². The van der Waals surface area contributed by atoms with Gasteiger partial charge in [0, 0.05) is 0 Å². The van der Waals surface area contributed by atoms with E-state index in [4.69, 9.17) is 0 Å². The minimum atomic E-state index is 1.22. The molecule has 0 spiro atoms. The molecule has 8 aromatic carbocycles. The van der Waals surface area contributed by atoms with Crippen molar-refractivity contribution in [3.8, 4) is 66.8 Å². The molecule has 0 saturated carbocycles. The van der Waals surface area contributed by atoms with Crippen LogP contribution in [0.2, 0.25) is 0 Å². The molecular weight excluding hydrogens is 528 g/mol. The van der Waals surface area contributed by atoms with Crippen LogP contribution < -0.4 is 0 Å². The molecule has 9 rings (SSSR count). The lowest BCUT2D eigenvalue weighted by Crippen LogP contribution is -1.94. The summed E-state index contributed by atoms with van der Waals surface area (Å²) in [5, 5.41) is 5.16. The molecular formula is C44H28. The van der Waals surface area contributed by atoms with Gasteiger partial charge in [-0.15, -0.1) is 0 Å². The Morgan fingerprint density at radius 3 is 1.48 bits per heavy atom. The maximum atomic E-state index is 2.44. The van der Waals surface area contributed by atoms with Crippen LogP contribution in [0.25, 0.3) is 88.3 Å². The van der Waals surface area contributed by atoms with Crippen molar-refractivity contribution in [2.75, 3.05) is 0 Å². The summed E-state index contributed by atoms with van der Waals surface area (Å²) in [5.74, 6) is 0. The molecule has 8 aromatic rings. The fraction of sp³-hybridized carbons (Fsp3) is 0. The van der Waals surface area contributed by atoms with E-state index in [2.05, 4.69) is 170 Å². The van der Waals surface area contributed by atoms with Crippen molar-refractivity contribution >= 4 is 21.5 Å². The largest absolute Gasteiger partial charge is 0.0622 e. The topological polar surface area (TPSA) is 0 Å². The molecule has 204 valence electrons. The highest BCUT2D eigenvalue weighted by Crippen LogP contribution is 2.55. The van der Waals surface area contributed by atoms with Crippen molar-refractivity contribution < 1.29 is 0 Å². The van der Waals surface area contributed by atoms with Gasteiger partial charge in [-0.25, -0.2) is 0 Å². The number of rotatable bonds is 4. The van der Waals surface area contributed by atoms with Crippen LogP contribution in [0.4, 0.5) is 0 Å². The Kier molecular flexibility index (Phi) is 5.61. The van der Waals surface area contributed by atoms with E-state index >= 15 is 0 Å². The number of fused-ring (bicyclic) bond motifs is 4. The highest BCUT2D eigenvalue weighted by molar-refractivity contribution is 6.23. The summed E-state index contributed by atoms with van der Waals surface area (Å²) in [4.78, 5) is 0. The molecule has 0 radical (unpaired) electrons. The van der Waals surface area contributed by atoms with E-state index in [1.165, 1.54) is 88.3 Å². The molecule has 1 aliphatic carbocycles. The first-order valence-corrected chi connectivity index (χ1v) is 15.3. The Labute approximate surface area is 257 Å². The Balaban J connectivity index is 1.43. The first kappa shape index (κ1) is 24.8. The summed E-state index contributed by atoms with van der Waals surface area (Å²) in [5.41, 5.74) is 15.3.